The van der Waals surface area contributed by atoms with Crippen molar-refractivity contribution in [1.29, 1.82) is 0 Å². The number of anilines is 1. The molecule has 0 aliphatic carbocycles. The second kappa shape index (κ2) is 7.20. The van der Waals surface area contributed by atoms with Gasteiger partial charge in [-0.2, -0.15) is 0 Å². The summed E-state index contributed by atoms with van der Waals surface area (Å²) in [6, 6.07) is 15.6. The molecule has 2 heterocycles. The van der Waals surface area contributed by atoms with Crippen molar-refractivity contribution in [2.24, 2.45) is 5.92 Å². The third-order valence-corrected chi connectivity index (χ3v) is 4.96. The smallest absolute Gasteiger partial charge is 0.313 e. The number of nitrogens with zero attached hydrogens (tertiary/aromatic N) is 1. The van der Waals surface area contributed by atoms with Crippen LogP contribution in [0.5, 0.6) is 5.75 Å². The number of amides is 1. The van der Waals surface area contributed by atoms with E-state index >= 15 is 0 Å². The first-order chi connectivity index (χ1) is 12.7. The number of hydrogen-bond donors (Lipinski definition) is 0. The topological polar surface area (TPSA) is 55.8 Å². The van der Waals surface area contributed by atoms with Gasteiger partial charge >= 0.3 is 5.97 Å². The Balaban J connectivity index is 1.36. The maximum atomic E-state index is 12.6. The zero-order valence-electron chi connectivity index (χ0n) is 14.5. The fraction of sp³-hybridized carbons (Fsp3) is 0.333. The first kappa shape index (κ1) is 16.6. The normalized spacial score (nSPS) is 18.3. The van der Waals surface area contributed by atoms with E-state index in [0.29, 0.717) is 13.0 Å². The highest BCUT2D eigenvalue weighted by atomic mass is 16.5. The molecule has 1 atom stereocenters. The lowest BCUT2D eigenvalue weighted by molar-refractivity contribution is -0.153. The number of rotatable bonds is 3. The van der Waals surface area contributed by atoms with E-state index in [1.807, 2.05) is 48.5 Å². The first-order valence-electron chi connectivity index (χ1n) is 8.98. The van der Waals surface area contributed by atoms with Gasteiger partial charge in [0.1, 0.15) is 12.4 Å². The highest BCUT2D eigenvalue weighted by Gasteiger charge is 2.29. The maximum absolute atomic E-state index is 12.6. The van der Waals surface area contributed by atoms with Crippen LogP contribution in [-0.4, -0.2) is 31.6 Å². The van der Waals surface area contributed by atoms with Crippen LogP contribution in [0.1, 0.15) is 17.5 Å². The molecule has 2 aromatic rings. The molecule has 1 unspecified atom stereocenters. The first-order valence-corrected chi connectivity index (χ1v) is 8.98. The Bertz CT molecular complexity index is 832. The molecule has 2 aliphatic heterocycles. The summed E-state index contributed by atoms with van der Waals surface area (Å²) < 4.78 is 10.9. The fourth-order valence-electron chi connectivity index (χ4n) is 3.60. The summed E-state index contributed by atoms with van der Waals surface area (Å²) in [5.74, 6) is -0.107. The molecule has 134 valence electrons. The summed E-state index contributed by atoms with van der Waals surface area (Å²) in [6.45, 7) is 0.717. The van der Waals surface area contributed by atoms with E-state index in [4.69, 9.17) is 9.47 Å². The molecule has 0 N–H and O–H groups in total. The van der Waals surface area contributed by atoms with Crippen LogP contribution in [-0.2, 0) is 27.2 Å². The van der Waals surface area contributed by atoms with Crippen LogP contribution in [0.3, 0.4) is 0 Å². The van der Waals surface area contributed by atoms with E-state index in [1.165, 1.54) is 0 Å². The third kappa shape index (κ3) is 3.29. The molecule has 0 aromatic heterocycles. The van der Waals surface area contributed by atoms with E-state index in [2.05, 4.69) is 0 Å². The van der Waals surface area contributed by atoms with Gasteiger partial charge in [0.05, 0.1) is 5.92 Å². The summed E-state index contributed by atoms with van der Waals surface area (Å²) in [7, 11) is 0. The average molecular weight is 351 g/mol. The van der Waals surface area contributed by atoms with Gasteiger partial charge in [-0.15, -0.1) is 0 Å². The van der Waals surface area contributed by atoms with Crippen LogP contribution >= 0.6 is 0 Å². The van der Waals surface area contributed by atoms with Gasteiger partial charge in [0.25, 0.3) is 5.91 Å². The van der Waals surface area contributed by atoms with Crippen molar-refractivity contribution in [1.82, 2.24) is 0 Å². The largest absolute Gasteiger partial charge is 0.492 e. The quantitative estimate of drug-likeness (QED) is 0.798. The van der Waals surface area contributed by atoms with E-state index in [1.54, 1.807) is 4.90 Å². The van der Waals surface area contributed by atoms with Crippen LogP contribution < -0.4 is 9.64 Å². The van der Waals surface area contributed by atoms with Crippen molar-refractivity contribution in [3.05, 3.63) is 59.7 Å². The Morgan fingerprint density at radius 3 is 2.73 bits per heavy atom. The summed E-state index contributed by atoms with van der Waals surface area (Å²) >= 11 is 0. The summed E-state index contributed by atoms with van der Waals surface area (Å²) in [6.07, 6.45) is 2.47. The molecule has 4 rings (SSSR count). The van der Waals surface area contributed by atoms with Gasteiger partial charge in [0.2, 0.25) is 0 Å². The lowest BCUT2D eigenvalue weighted by Crippen LogP contribution is -2.39. The lowest BCUT2D eigenvalue weighted by atomic mass is 9.97. The van der Waals surface area contributed by atoms with Crippen LogP contribution in [0.2, 0.25) is 0 Å². The molecule has 0 fully saturated rings. The van der Waals surface area contributed by atoms with Gasteiger partial charge in [-0.3, -0.25) is 9.59 Å². The molecular formula is C21H21NO4. The molecule has 1 amide bonds. The highest BCUT2D eigenvalue weighted by Crippen LogP contribution is 2.28. The van der Waals surface area contributed by atoms with Gasteiger partial charge in [-0.05, 0) is 42.5 Å². The SMILES string of the molecule is O=C(OCC(=O)N1CCCc2ccccc21)C1COc2ccccc2C1. The predicted octanol–water partition coefficient (Wildman–Crippen LogP) is 2.76. The van der Waals surface area contributed by atoms with Crippen molar-refractivity contribution in [3.63, 3.8) is 0 Å². The Hall–Kier alpha value is -2.82. The van der Waals surface area contributed by atoms with E-state index < -0.39 is 0 Å². The molecule has 5 heteroatoms. The standard InChI is InChI=1S/C21H21NO4/c23-20(22-11-5-8-15-6-1-3-9-18(15)22)14-26-21(24)17-12-16-7-2-4-10-19(16)25-13-17/h1-4,6-7,9-10,17H,5,8,11-14H2. The molecule has 0 saturated heterocycles. The number of benzene rings is 2. The molecule has 5 nitrogen and oxygen atoms in total. The zero-order chi connectivity index (χ0) is 17.9. The van der Waals surface area contributed by atoms with Crippen LogP contribution in [0.4, 0.5) is 5.69 Å². The van der Waals surface area contributed by atoms with Crippen LogP contribution in [0.25, 0.3) is 0 Å². The number of carbonyl (C=O) groups is 2. The van der Waals surface area contributed by atoms with Gasteiger partial charge in [-0.25, -0.2) is 0 Å². The molecule has 0 radical (unpaired) electrons. The zero-order valence-corrected chi connectivity index (χ0v) is 14.5. The Kier molecular flexibility index (Phi) is 4.61. The lowest BCUT2D eigenvalue weighted by Gasteiger charge is -2.29. The van der Waals surface area contributed by atoms with Crippen molar-refractivity contribution < 1.29 is 19.1 Å². The van der Waals surface area contributed by atoms with E-state index in [-0.39, 0.29) is 31.0 Å². The monoisotopic (exact) mass is 351 g/mol. The molecular weight excluding hydrogens is 330 g/mol. The minimum absolute atomic E-state index is 0.178. The average Bonchev–Trinajstić information content (AvgIpc) is 2.71. The summed E-state index contributed by atoms with van der Waals surface area (Å²) in [4.78, 5) is 26.7. The highest BCUT2D eigenvalue weighted by molar-refractivity contribution is 5.96. The number of aryl methyl sites for hydroxylation is 1. The molecule has 0 saturated carbocycles. The van der Waals surface area contributed by atoms with Crippen molar-refractivity contribution in [2.75, 3.05) is 24.7 Å². The predicted molar refractivity (Wildman–Crippen MR) is 97.2 cm³/mol. The number of carbonyl (C=O) groups excluding carboxylic acids is 2. The van der Waals surface area contributed by atoms with Crippen LogP contribution in [0.15, 0.2) is 48.5 Å². The van der Waals surface area contributed by atoms with E-state index in [0.717, 1.165) is 35.4 Å². The molecule has 0 spiro atoms. The van der Waals surface area contributed by atoms with Gasteiger partial charge in [0, 0.05) is 12.2 Å². The number of fused-ring (bicyclic) bond motifs is 2. The fourth-order valence-corrected chi connectivity index (χ4v) is 3.60. The maximum Gasteiger partial charge on any atom is 0.313 e. The molecule has 26 heavy (non-hydrogen) atoms. The van der Waals surface area contributed by atoms with Gasteiger partial charge in [0.15, 0.2) is 6.61 Å². The Labute approximate surface area is 152 Å². The molecule has 2 aliphatic rings. The molecule has 2 aromatic carbocycles. The van der Waals surface area contributed by atoms with Crippen LogP contribution in [0, 0.1) is 5.92 Å². The second-order valence-electron chi connectivity index (χ2n) is 6.71. The molecule has 0 bridgehead atoms. The van der Waals surface area contributed by atoms with E-state index in [9.17, 15) is 9.59 Å². The number of esters is 1. The Morgan fingerprint density at radius 2 is 1.85 bits per heavy atom. The summed E-state index contributed by atoms with van der Waals surface area (Å²) in [5.41, 5.74) is 3.09. The van der Waals surface area contributed by atoms with Gasteiger partial charge in [-0.1, -0.05) is 36.4 Å². The van der Waals surface area contributed by atoms with Crippen molar-refractivity contribution >= 4 is 17.6 Å². The van der Waals surface area contributed by atoms with Crippen molar-refractivity contribution in [3.8, 4) is 5.75 Å². The Morgan fingerprint density at radius 1 is 1.08 bits per heavy atom. The minimum Gasteiger partial charge on any atom is -0.492 e. The second-order valence-corrected chi connectivity index (χ2v) is 6.71. The third-order valence-electron chi connectivity index (χ3n) is 4.96. The van der Waals surface area contributed by atoms with Crippen molar-refractivity contribution in [2.45, 2.75) is 19.3 Å². The number of hydrogen-bond acceptors (Lipinski definition) is 4. The number of ether oxygens (including phenoxy) is 2. The minimum atomic E-state index is -0.377. The van der Waals surface area contributed by atoms with Gasteiger partial charge < -0.3 is 14.4 Å². The number of para-hydroxylation sites is 2. The summed E-state index contributed by atoms with van der Waals surface area (Å²) in [5, 5.41) is 0.